The number of amides is 1. The molecule has 2 N–H and O–H groups in total. The van der Waals surface area contributed by atoms with Crippen molar-refractivity contribution in [1.82, 2.24) is 9.88 Å². The van der Waals surface area contributed by atoms with E-state index in [-0.39, 0.29) is 12.0 Å². The van der Waals surface area contributed by atoms with Gasteiger partial charge in [-0.3, -0.25) is 4.79 Å². The van der Waals surface area contributed by atoms with Gasteiger partial charge in [-0.15, -0.1) is 0 Å². The Morgan fingerprint density at radius 1 is 1.21 bits per heavy atom. The van der Waals surface area contributed by atoms with E-state index >= 15 is 0 Å². The topological polar surface area (TPSA) is 56.3 Å². The summed E-state index contributed by atoms with van der Waals surface area (Å²) in [7, 11) is 1.96. The van der Waals surface area contributed by atoms with Crippen molar-refractivity contribution in [3.05, 3.63) is 36.0 Å². The van der Waals surface area contributed by atoms with Crippen molar-refractivity contribution < 1.29 is 9.90 Å². The smallest absolute Gasteiger partial charge is 0.222 e. The zero-order chi connectivity index (χ0) is 16.7. The quantitative estimate of drug-likeness (QED) is 0.907. The van der Waals surface area contributed by atoms with Crippen molar-refractivity contribution in [2.75, 3.05) is 7.05 Å². The van der Waals surface area contributed by atoms with Gasteiger partial charge in [-0.2, -0.15) is 0 Å². The average molecular weight is 326 g/mol. The molecular formula is C20H26N2O2. The number of nitrogens with zero attached hydrogens (tertiary/aromatic N) is 1. The molecule has 0 saturated heterocycles. The highest BCUT2D eigenvalue weighted by atomic mass is 16.3. The van der Waals surface area contributed by atoms with Crippen molar-refractivity contribution >= 4 is 16.8 Å². The van der Waals surface area contributed by atoms with E-state index in [1.54, 1.807) is 0 Å². The second-order valence-electron chi connectivity index (χ2n) is 7.63. The summed E-state index contributed by atoms with van der Waals surface area (Å²) in [6.07, 6.45) is 7.26. The van der Waals surface area contributed by atoms with E-state index in [2.05, 4.69) is 17.1 Å². The monoisotopic (exact) mass is 326 g/mol. The number of fused-ring (bicyclic) bond motifs is 2. The zero-order valence-corrected chi connectivity index (χ0v) is 14.2. The minimum absolute atomic E-state index is 0.108. The summed E-state index contributed by atoms with van der Waals surface area (Å²) >= 11 is 0. The summed E-state index contributed by atoms with van der Waals surface area (Å²) < 4.78 is 0. The van der Waals surface area contributed by atoms with Gasteiger partial charge in [0.15, 0.2) is 0 Å². The Morgan fingerprint density at radius 2 is 1.92 bits per heavy atom. The maximum atomic E-state index is 12.6. The number of carbonyl (C=O) groups is 1. The lowest BCUT2D eigenvalue weighted by Crippen LogP contribution is -2.36. The van der Waals surface area contributed by atoms with Gasteiger partial charge in [0, 0.05) is 36.6 Å². The summed E-state index contributed by atoms with van der Waals surface area (Å²) in [4.78, 5) is 17.9. The summed E-state index contributed by atoms with van der Waals surface area (Å²) in [6, 6.07) is 8.61. The van der Waals surface area contributed by atoms with Crippen LogP contribution in [0.3, 0.4) is 0 Å². The van der Waals surface area contributed by atoms with Crippen LogP contribution in [0.25, 0.3) is 10.9 Å². The van der Waals surface area contributed by atoms with Crippen molar-refractivity contribution in [2.45, 2.75) is 50.7 Å². The average Bonchev–Trinajstić information content (AvgIpc) is 3.24. The number of aliphatic hydroxyl groups excluding tert-OH is 1. The fourth-order valence-corrected chi connectivity index (χ4v) is 4.83. The van der Waals surface area contributed by atoms with Gasteiger partial charge in [-0.25, -0.2) is 0 Å². The lowest BCUT2D eigenvalue weighted by atomic mass is 10.0. The van der Waals surface area contributed by atoms with Crippen LogP contribution >= 0.6 is 0 Å². The number of carbonyl (C=O) groups excluding carboxylic acids is 1. The number of benzene rings is 1. The minimum Gasteiger partial charge on any atom is -0.393 e. The molecule has 1 amide bonds. The van der Waals surface area contributed by atoms with Crippen LogP contribution in [0.2, 0.25) is 0 Å². The molecule has 2 aliphatic rings. The molecule has 24 heavy (non-hydrogen) atoms. The van der Waals surface area contributed by atoms with E-state index in [1.165, 1.54) is 10.9 Å². The number of rotatable bonds is 4. The van der Waals surface area contributed by atoms with Crippen molar-refractivity contribution in [1.29, 1.82) is 0 Å². The van der Waals surface area contributed by atoms with Crippen LogP contribution < -0.4 is 0 Å². The van der Waals surface area contributed by atoms with E-state index in [0.29, 0.717) is 24.3 Å². The number of aliphatic hydroxyl groups is 1. The lowest BCUT2D eigenvalue weighted by molar-refractivity contribution is -0.131. The number of H-pyrrole nitrogens is 1. The zero-order valence-electron chi connectivity index (χ0n) is 14.2. The third-order valence-electron chi connectivity index (χ3n) is 6.19. The van der Waals surface area contributed by atoms with Crippen LogP contribution in [-0.4, -0.2) is 40.1 Å². The van der Waals surface area contributed by atoms with E-state index in [4.69, 9.17) is 0 Å². The van der Waals surface area contributed by atoms with E-state index < -0.39 is 0 Å². The molecule has 1 aromatic heterocycles. The van der Waals surface area contributed by atoms with Crippen LogP contribution in [-0.2, 0) is 11.2 Å². The van der Waals surface area contributed by atoms with Crippen molar-refractivity contribution in [3.8, 4) is 0 Å². The summed E-state index contributed by atoms with van der Waals surface area (Å²) in [6.45, 7) is 0. The Kier molecular flexibility index (Phi) is 4.09. The fraction of sp³-hybridized carbons (Fsp3) is 0.550. The number of hydrogen-bond acceptors (Lipinski definition) is 2. The van der Waals surface area contributed by atoms with Gasteiger partial charge in [-0.1, -0.05) is 18.2 Å². The third kappa shape index (κ3) is 2.84. The fourth-order valence-electron chi connectivity index (χ4n) is 4.83. The Hall–Kier alpha value is -1.81. The largest absolute Gasteiger partial charge is 0.393 e. The second kappa shape index (κ2) is 6.25. The Labute approximate surface area is 142 Å². The molecule has 0 spiro atoms. The molecule has 4 heteroatoms. The highest BCUT2D eigenvalue weighted by Crippen LogP contribution is 2.45. The first-order valence-corrected chi connectivity index (χ1v) is 9.10. The van der Waals surface area contributed by atoms with Crippen molar-refractivity contribution in [2.24, 2.45) is 11.8 Å². The summed E-state index contributed by atoms with van der Waals surface area (Å²) in [5, 5.41) is 11.0. The standard InChI is InChI=1S/C20H26N2O2/c1-22(16-8-14-10-17(23)11-15(14)9-16)20(24)7-6-13-12-21-19-5-3-2-4-18(13)19/h2-5,12,14-17,21,23H,6-11H2,1H3/t14-,15+,16?,17?. The van der Waals surface area contributed by atoms with Gasteiger partial charge in [0.25, 0.3) is 0 Å². The van der Waals surface area contributed by atoms with E-state index in [1.807, 2.05) is 30.3 Å². The molecule has 1 aromatic carbocycles. The molecule has 4 nitrogen and oxygen atoms in total. The molecule has 2 fully saturated rings. The van der Waals surface area contributed by atoms with Crippen LogP contribution in [0.15, 0.2) is 30.5 Å². The predicted octanol–water partition coefficient (Wildman–Crippen LogP) is 3.11. The van der Waals surface area contributed by atoms with Crippen LogP contribution in [0.4, 0.5) is 0 Å². The first kappa shape index (κ1) is 15.7. The highest BCUT2D eigenvalue weighted by Gasteiger charge is 2.42. The number of aromatic nitrogens is 1. The number of para-hydroxylation sites is 1. The number of aryl methyl sites for hydroxylation is 1. The van der Waals surface area contributed by atoms with Gasteiger partial charge in [-0.05, 0) is 55.6 Å². The Bertz CT molecular complexity index is 724. The molecule has 2 aromatic rings. The molecule has 2 saturated carbocycles. The molecular weight excluding hydrogens is 300 g/mol. The van der Waals surface area contributed by atoms with Crippen molar-refractivity contribution in [3.63, 3.8) is 0 Å². The molecule has 0 aliphatic heterocycles. The summed E-state index contributed by atoms with van der Waals surface area (Å²) in [5.41, 5.74) is 2.36. The van der Waals surface area contributed by atoms with E-state index in [0.717, 1.165) is 37.6 Å². The Morgan fingerprint density at radius 3 is 2.67 bits per heavy atom. The number of nitrogens with one attached hydrogen (secondary N) is 1. The van der Waals surface area contributed by atoms with Gasteiger partial charge in [0.2, 0.25) is 5.91 Å². The molecule has 2 unspecified atom stereocenters. The SMILES string of the molecule is CN(C(=O)CCc1c[nH]c2ccccc12)C1C[C@H]2CC(O)C[C@H]2C1. The molecule has 0 bridgehead atoms. The first-order valence-electron chi connectivity index (χ1n) is 9.10. The molecule has 4 rings (SSSR count). The van der Waals surface area contributed by atoms with Gasteiger partial charge < -0.3 is 15.0 Å². The third-order valence-corrected chi connectivity index (χ3v) is 6.19. The molecule has 128 valence electrons. The molecule has 2 aliphatic carbocycles. The molecule has 1 heterocycles. The maximum Gasteiger partial charge on any atom is 0.222 e. The van der Waals surface area contributed by atoms with Crippen LogP contribution in [0.5, 0.6) is 0 Å². The predicted molar refractivity (Wildman–Crippen MR) is 94.6 cm³/mol. The molecule has 4 atom stereocenters. The lowest BCUT2D eigenvalue weighted by Gasteiger charge is -2.25. The highest BCUT2D eigenvalue weighted by molar-refractivity contribution is 5.84. The van der Waals surface area contributed by atoms with Gasteiger partial charge >= 0.3 is 0 Å². The van der Waals surface area contributed by atoms with Gasteiger partial charge in [0.1, 0.15) is 0 Å². The summed E-state index contributed by atoms with van der Waals surface area (Å²) in [5.74, 6) is 1.48. The van der Waals surface area contributed by atoms with E-state index in [9.17, 15) is 9.90 Å². The second-order valence-corrected chi connectivity index (χ2v) is 7.63. The Balaban J connectivity index is 1.35. The molecule has 0 radical (unpaired) electrons. The maximum absolute atomic E-state index is 12.6. The first-order chi connectivity index (χ1) is 11.6. The normalized spacial score (nSPS) is 29.1. The number of hydrogen-bond donors (Lipinski definition) is 2. The minimum atomic E-state index is -0.108. The number of aromatic amines is 1. The van der Waals surface area contributed by atoms with Crippen LogP contribution in [0, 0.1) is 11.8 Å². The van der Waals surface area contributed by atoms with Crippen LogP contribution in [0.1, 0.15) is 37.7 Å². The van der Waals surface area contributed by atoms with Gasteiger partial charge in [0.05, 0.1) is 6.10 Å².